The van der Waals surface area contributed by atoms with Crippen molar-refractivity contribution in [3.8, 4) is 0 Å². The molecule has 2 rings (SSSR count). The number of nitrogen functional groups attached to an aromatic ring is 1. The Morgan fingerprint density at radius 1 is 1.29 bits per heavy atom. The van der Waals surface area contributed by atoms with E-state index in [1.54, 1.807) is 0 Å². The van der Waals surface area contributed by atoms with Crippen molar-refractivity contribution in [3.63, 3.8) is 0 Å². The maximum atomic E-state index is 11.2. The maximum Gasteiger partial charge on any atom is 0.226 e. The van der Waals surface area contributed by atoms with Gasteiger partial charge in [0, 0.05) is 23.0 Å². The lowest BCUT2D eigenvalue weighted by Gasteiger charge is -2.20. The lowest BCUT2D eigenvalue weighted by atomic mass is 9.90. The molecule has 0 radical (unpaired) electrons. The van der Waals surface area contributed by atoms with Crippen molar-refractivity contribution in [2.24, 2.45) is 5.92 Å². The van der Waals surface area contributed by atoms with E-state index < -0.39 is 0 Å². The quantitative estimate of drug-likeness (QED) is 0.643. The minimum absolute atomic E-state index is 0.0896. The third-order valence-electron chi connectivity index (χ3n) is 2.82. The highest BCUT2D eigenvalue weighted by molar-refractivity contribution is 9.10. The molecule has 0 spiro atoms. The zero-order valence-corrected chi connectivity index (χ0v) is 10.8. The Morgan fingerprint density at radius 2 is 1.94 bits per heavy atom. The second kappa shape index (κ2) is 4.87. The van der Waals surface area contributed by atoms with Crippen LogP contribution in [0.15, 0.2) is 22.7 Å². The molecule has 17 heavy (non-hydrogen) atoms. The Kier molecular flexibility index (Phi) is 3.47. The monoisotopic (exact) mass is 296 g/mol. The number of nitrogens with one attached hydrogen (secondary N) is 1. The van der Waals surface area contributed by atoms with E-state index in [0.717, 1.165) is 16.5 Å². The van der Waals surface area contributed by atoms with Crippen LogP contribution < -0.4 is 11.1 Å². The summed E-state index contributed by atoms with van der Waals surface area (Å²) in [5, 5.41) is 2.31. The minimum Gasteiger partial charge on any atom is -0.398 e. The van der Waals surface area contributed by atoms with E-state index in [-0.39, 0.29) is 17.7 Å². The molecule has 0 bridgehead atoms. The van der Waals surface area contributed by atoms with E-state index in [0.29, 0.717) is 18.5 Å². The Morgan fingerprint density at radius 3 is 2.53 bits per heavy atom. The molecule has 1 heterocycles. The fraction of sp³-hybridized carbons (Fsp3) is 0.333. The van der Waals surface area contributed by atoms with Gasteiger partial charge < -0.3 is 5.73 Å². The summed E-state index contributed by atoms with van der Waals surface area (Å²) in [6.07, 6.45) is 1.54. The molecular weight excluding hydrogens is 284 g/mol. The first kappa shape index (κ1) is 12.1. The topological polar surface area (TPSA) is 72.2 Å². The molecule has 1 fully saturated rings. The molecule has 2 amide bonds. The molecule has 1 aromatic carbocycles. The standard InChI is InChI=1S/C12H13BrN2O2/c13-9-4-7(1-2-10(9)14)3-8-5-11(16)15-12(17)6-8/h1-2,4,8H,3,5-6,14H2,(H,15,16,17). The van der Waals surface area contributed by atoms with Crippen LogP contribution in [-0.4, -0.2) is 11.8 Å². The maximum absolute atomic E-state index is 11.2. The van der Waals surface area contributed by atoms with Gasteiger partial charge in [0.25, 0.3) is 0 Å². The van der Waals surface area contributed by atoms with Crippen LogP contribution in [0.4, 0.5) is 5.69 Å². The molecule has 3 N–H and O–H groups in total. The summed E-state index contributed by atoms with van der Waals surface area (Å²) in [5.41, 5.74) is 7.47. The zero-order valence-electron chi connectivity index (χ0n) is 9.20. The van der Waals surface area contributed by atoms with Gasteiger partial charge in [-0.15, -0.1) is 0 Å². The SMILES string of the molecule is Nc1ccc(CC2CC(=O)NC(=O)C2)cc1Br. The van der Waals surface area contributed by atoms with E-state index in [9.17, 15) is 9.59 Å². The first-order valence-corrected chi connectivity index (χ1v) is 6.20. The van der Waals surface area contributed by atoms with Crippen molar-refractivity contribution >= 4 is 33.4 Å². The summed E-state index contributed by atoms with van der Waals surface area (Å²) in [5.74, 6) is -0.270. The van der Waals surface area contributed by atoms with Gasteiger partial charge in [0.1, 0.15) is 0 Å². The van der Waals surface area contributed by atoms with Crippen LogP contribution in [0, 0.1) is 5.92 Å². The predicted molar refractivity (Wildman–Crippen MR) is 68.1 cm³/mol. The molecule has 90 valence electrons. The third kappa shape index (κ3) is 3.06. The molecule has 1 saturated heterocycles. The minimum atomic E-state index is -0.180. The molecule has 0 aromatic heterocycles. The molecule has 1 aliphatic heterocycles. The lowest BCUT2D eigenvalue weighted by molar-refractivity contribution is -0.134. The van der Waals surface area contributed by atoms with Crippen LogP contribution in [0.5, 0.6) is 0 Å². The normalized spacial score (nSPS) is 17.0. The van der Waals surface area contributed by atoms with Crippen molar-refractivity contribution in [3.05, 3.63) is 28.2 Å². The van der Waals surface area contributed by atoms with E-state index in [2.05, 4.69) is 21.2 Å². The number of amides is 2. The third-order valence-corrected chi connectivity index (χ3v) is 3.50. The lowest BCUT2D eigenvalue weighted by Crippen LogP contribution is -2.39. The summed E-state index contributed by atoms with van der Waals surface area (Å²) >= 11 is 3.36. The van der Waals surface area contributed by atoms with Crippen molar-refractivity contribution in [1.82, 2.24) is 5.32 Å². The van der Waals surface area contributed by atoms with Gasteiger partial charge in [-0.25, -0.2) is 0 Å². The molecule has 1 aromatic rings. The second-order valence-corrected chi connectivity index (χ2v) is 5.16. The Labute approximate surface area is 108 Å². The number of hydrogen-bond donors (Lipinski definition) is 2. The molecule has 0 unspecified atom stereocenters. The van der Waals surface area contributed by atoms with E-state index >= 15 is 0 Å². The predicted octanol–water partition coefficient (Wildman–Crippen LogP) is 1.63. The number of piperidine rings is 1. The van der Waals surface area contributed by atoms with Crippen LogP contribution in [0.25, 0.3) is 0 Å². The highest BCUT2D eigenvalue weighted by atomic mass is 79.9. The summed E-state index contributed by atoms with van der Waals surface area (Å²) in [6.45, 7) is 0. The van der Waals surface area contributed by atoms with Gasteiger partial charge in [0.15, 0.2) is 0 Å². The number of halogens is 1. The Hall–Kier alpha value is -1.36. The molecule has 4 nitrogen and oxygen atoms in total. The molecular formula is C12H13BrN2O2. The number of rotatable bonds is 2. The summed E-state index contributed by atoms with van der Waals surface area (Å²) in [4.78, 5) is 22.5. The average molecular weight is 297 g/mol. The zero-order chi connectivity index (χ0) is 12.4. The summed E-state index contributed by atoms with van der Waals surface area (Å²) in [7, 11) is 0. The van der Waals surface area contributed by atoms with Crippen LogP contribution in [0.2, 0.25) is 0 Å². The van der Waals surface area contributed by atoms with Gasteiger partial charge in [-0.05, 0) is 46.0 Å². The number of benzene rings is 1. The smallest absolute Gasteiger partial charge is 0.226 e. The number of carbonyl (C=O) groups excluding carboxylic acids is 2. The Balaban J connectivity index is 2.07. The number of carbonyl (C=O) groups is 2. The van der Waals surface area contributed by atoms with Gasteiger partial charge in [0.05, 0.1) is 0 Å². The van der Waals surface area contributed by atoms with Crippen LogP contribution in [-0.2, 0) is 16.0 Å². The van der Waals surface area contributed by atoms with Crippen LogP contribution in [0.1, 0.15) is 18.4 Å². The number of imide groups is 1. The Bertz CT molecular complexity index is 458. The van der Waals surface area contributed by atoms with Crippen molar-refractivity contribution in [1.29, 1.82) is 0 Å². The largest absolute Gasteiger partial charge is 0.398 e. The fourth-order valence-electron chi connectivity index (χ4n) is 2.03. The highest BCUT2D eigenvalue weighted by Gasteiger charge is 2.24. The van der Waals surface area contributed by atoms with Crippen molar-refractivity contribution in [2.45, 2.75) is 19.3 Å². The van der Waals surface area contributed by atoms with Crippen molar-refractivity contribution in [2.75, 3.05) is 5.73 Å². The molecule has 0 atom stereocenters. The molecule has 5 heteroatoms. The fourth-order valence-corrected chi connectivity index (χ4v) is 2.46. The van der Waals surface area contributed by atoms with E-state index in [4.69, 9.17) is 5.73 Å². The van der Waals surface area contributed by atoms with Crippen LogP contribution in [0.3, 0.4) is 0 Å². The molecule has 0 aliphatic carbocycles. The van der Waals surface area contributed by atoms with Crippen molar-refractivity contribution < 1.29 is 9.59 Å². The van der Waals surface area contributed by atoms with E-state index in [1.165, 1.54) is 0 Å². The number of nitrogens with two attached hydrogens (primary N) is 1. The van der Waals surface area contributed by atoms with Gasteiger partial charge in [-0.1, -0.05) is 6.07 Å². The summed E-state index contributed by atoms with van der Waals surface area (Å²) in [6, 6.07) is 5.69. The number of anilines is 1. The molecule has 0 saturated carbocycles. The van der Waals surface area contributed by atoms with E-state index in [1.807, 2.05) is 18.2 Å². The first-order chi connectivity index (χ1) is 8.04. The average Bonchev–Trinajstić information content (AvgIpc) is 2.22. The van der Waals surface area contributed by atoms with Gasteiger partial charge in [-0.3, -0.25) is 14.9 Å². The van der Waals surface area contributed by atoms with Gasteiger partial charge in [0.2, 0.25) is 11.8 Å². The van der Waals surface area contributed by atoms with Gasteiger partial charge >= 0.3 is 0 Å². The first-order valence-electron chi connectivity index (χ1n) is 5.41. The second-order valence-electron chi connectivity index (χ2n) is 4.31. The number of hydrogen-bond acceptors (Lipinski definition) is 3. The highest BCUT2D eigenvalue weighted by Crippen LogP contribution is 2.24. The van der Waals surface area contributed by atoms with Gasteiger partial charge in [-0.2, -0.15) is 0 Å². The molecule has 1 aliphatic rings. The summed E-state index contributed by atoms with van der Waals surface area (Å²) < 4.78 is 0.849. The van der Waals surface area contributed by atoms with Crippen LogP contribution >= 0.6 is 15.9 Å².